The van der Waals surface area contributed by atoms with E-state index in [0.717, 1.165) is 24.2 Å². The highest BCUT2D eigenvalue weighted by atomic mass is 16.4. The van der Waals surface area contributed by atoms with Crippen LogP contribution in [-0.2, 0) is 6.42 Å². The Morgan fingerprint density at radius 1 is 1.00 bits per heavy atom. The molecule has 22 heavy (non-hydrogen) atoms. The van der Waals surface area contributed by atoms with Gasteiger partial charge in [0.25, 0.3) is 0 Å². The van der Waals surface area contributed by atoms with Crippen LogP contribution in [0.3, 0.4) is 0 Å². The van der Waals surface area contributed by atoms with E-state index in [0.29, 0.717) is 11.9 Å². The molecule has 2 N–H and O–H groups in total. The zero-order chi connectivity index (χ0) is 14.9. The highest BCUT2D eigenvalue weighted by Crippen LogP contribution is 2.34. The van der Waals surface area contributed by atoms with E-state index in [9.17, 15) is 0 Å². The van der Waals surface area contributed by atoms with Crippen LogP contribution in [0.5, 0.6) is 0 Å². The quantitative estimate of drug-likeness (QED) is 0.804. The van der Waals surface area contributed by atoms with Crippen LogP contribution >= 0.6 is 0 Å². The number of nitrogens with two attached hydrogens (primary N) is 1. The van der Waals surface area contributed by atoms with Crippen LogP contribution in [0.25, 0.3) is 0 Å². The summed E-state index contributed by atoms with van der Waals surface area (Å²) >= 11 is 0. The van der Waals surface area contributed by atoms with Crippen LogP contribution < -0.4 is 10.6 Å². The molecule has 0 radical (unpaired) electrons. The molecule has 110 valence electrons. The van der Waals surface area contributed by atoms with Gasteiger partial charge in [-0.25, -0.2) is 0 Å². The largest absolute Gasteiger partial charge is 0.406 e. The minimum Gasteiger partial charge on any atom is -0.406 e. The number of anilines is 2. The zero-order valence-electron chi connectivity index (χ0n) is 12.0. The predicted molar refractivity (Wildman–Crippen MR) is 83.9 cm³/mol. The highest BCUT2D eigenvalue weighted by Gasteiger charge is 2.25. The van der Waals surface area contributed by atoms with Crippen molar-refractivity contribution in [2.24, 2.45) is 5.73 Å². The van der Waals surface area contributed by atoms with Crippen molar-refractivity contribution in [3.05, 3.63) is 71.6 Å². The summed E-state index contributed by atoms with van der Waals surface area (Å²) < 4.78 is 5.82. The molecule has 1 aliphatic heterocycles. The molecule has 5 nitrogen and oxygen atoms in total. The summed E-state index contributed by atoms with van der Waals surface area (Å²) in [5.74, 6) is 0.436. The van der Waals surface area contributed by atoms with Gasteiger partial charge in [0.05, 0.1) is 0 Å². The third kappa shape index (κ3) is 2.16. The average Bonchev–Trinajstić information content (AvgIpc) is 3.21. The zero-order valence-corrected chi connectivity index (χ0v) is 12.0. The molecule has 0 bridgehead atoms. The Bertz CT molecular complexity index is 784. The van der Waals surface area contributed by atoms with Crippen molar-refractivity contribution in [3.63, 3.8) is 0 Å². The van der Waals surface area contributed by atoms with Gasteiger partial charge in [-0.3, -0.25) is 4.90 Å². The van der Waals surface area contributed by atoms with Crippen LogP contribution in [0.15, 0.2) is 59.0 Å². The Labute approximate surface area is 128 Å². The summed E-state index contributed by atoms with van der Waals surface area (Å²) in [6.07, 6.45) is 0.985. The van der Waals surface area contributed by atoms with Crippen molar-refractivity contribution >= 4 is 11.7 Å². The number of benzene rings is 2. The van der Waals surface area contributed by atoms with E-state index >= 15 is 0 Å². The summed E-state index contributed by atoms with van der Waals surface area (Å²) in [6, 6.07) is 18.1. The minimum absolute atomic E-state index is 0.403. The first kappa shape index (κ1) is 13.0. The molecule has 1 aromatic heterocycles. The molecular formula is C17H16N4O. The lowest BCUT2D eigenvalue weighted by atomic mass is 10.1. The Morgan fingerprint density at radius 2 is 1.77 bits per heavy atom. The van der Waals surface area contributed by atoms with E-state index in [4.69, 9.17) is 10.2 Å². The number of hydrogen-bond donors (Lipinski definition) is 1. The van der Waals surface area contributed by atoms with Gasteiger partial charge in [0.1, 0.15) is 6.04 Å². The second-order valence-electron chi connectivity index (χ2n) is 5.34. The topological polar surface area (TPSA) is 68.2 Å². The maximum absolute atomic E-state index is 6.21. The summed E-state index contributed by atoms with van der Waals surface area (Å²) in [6.45, 7) is 0.849. The smallest absolute Gasteiger partial charge is 0.322 e. The van der Waals surface area contributed by atoms with Gasteiger partial charge in [-0.15, -0.1) is 5.10 Å². The van der Waals surface area contributed by atoms with E-state index in [2.05, 4.69) is 22.3 Å². The maximum atomic E-state index is 6.21. The van der Waals surface area contributed by atoms with E-state index in [1.807, 2.05) is 47.4 Å². The fraction of sp³-hybridized carbons (Fsp3) is 0.176. The third-order valence-corrected chi connectivity index (χ3v) is 3.97. The van der Waals surface area contributed by atoms with Gasteiger partial charge < -0.3 is 10.2 Å². The molecule has 2 aromatic carbocycles. The lowest BCUT2D eigenvalue weighted by Crippen LogP contribution is -2.13. The lowest BCUT2D eigenvalue weighted by molar-refractivity contribution is 0.475. The van der Waals surface area contributed by atoms with Gasteiger partial charge in [0.15, 0.2) is 0 Å². The van der Waals surface area contributed by atoms with E-state index < -0.39 is 6.04 Å². The maximum Gasteiger partial charge on any atom is 0.322 e. The fourth-order valence-electron chi connectivity index (χ4n) is 2.80. The van der Waals surface area contributed by atoms with E-state index in [1.165, 1.54) is 5.56 Å². The number of fused-ring (bicyclic) bond motifs is 1. The molecule has 5 heteroatoms. The molecule has 4 rings (SSSR count). The Morgan fingerprint density at radius 3 is 2.64 bits per heavy atom. The van der Waals surface area contributed by atoms with Gasteiger partial charge in [0, 0.05) is 12.2 Å². The van der Waals surface area contributed by atoms with E-state index in [-0.39, 0.29) is 0 Å². The van der Waals surface area contributed by atoms with Gasteiger partial charge in [-0.2, -0.15) is 0 Å². The molecule has 2 heterocycles. The number of para-hydroxylation sites is 1. The fourth-order valence-corrected chi connectivity index (χ4v) is 2.80. The first-order valence-corrected chi connectivity index (χ1v) is 7.32. The van der Waals surface area contributed by atoms with Crippen LogP contribution in [0.1, 0.15) is 23.1 Å². The molecule has 0 saturated heterocycles. The monoisotopic (exact) mass is 292 g/mol. The Balaban J connectivity index is 1.63. The Hall–Kier alpha value is -2.66. The normalized spacial score (nSPS) is 14.9. The molecule has 1 aliphatic rings. The van der Waals surface area contributed by atoms with Gasteiger partial charge in [-0.1, -0.05) is 53.6 Å². The number of aromatic nitrogens is 2. The summed E-state index contributed by atoms with van der Waals surface area (Å²) in [5, 5.41) is 8.30. The summed E-state index contributed by atoms with van der Waals surface area (Å²) in [5.41, 5.74) is 9.60. The molecular weight excluding hydrogens is 276 g/mol. The standard InChI is InChI=1S/C17H16N4O/c18-15(13-7-2-1-3-8-13)16-19-20-17(22-16)21-11-10-12-6-4-5-9-14(12)21/h1-9,15H,10-11,18H2. The molecule has 1 atom stereocenters. The first-order chi connectivity index (χ1) is 10.8. The first-order valence-electron chi connectivity index (χ1n) is 7.32. The number of hydrogen-bond acceptors (Lipinski definition) is 5. The van der Waals surface area contributed by atoms with Crippen LogP contribution in [0, 0.1) is 0 Å². The van der Waals surface area contributed by atoms with Crippen molar-refractivity contribution in [2.45, 2.75) is 12.5 Å². The second-order valence-corrected chi connectivity index (χ2v) is 5.34. The molecule has 0 aliphatic carbocycles. The lowest BCUT2D eigenvalue weighted by Gasteiger charge is -2.13. The van der Waals surface area contributed by atoms with E-state index in [1.54, 1.807) is 0 Å². The second kappa shape index (κ2) is 5.27. The molecule has 0 amide bonds. The van der Waals surface area contributed by atoms with Crippen molar-refractivity contribution in [1.82, 2.24) is 10.2 Å². The van der Waals surface area contributed by atoms with Gasteiger partial charge in [-0.05, 0) is 23.6 Å². The highest BCUT2D eigenvalue weighted by molar-refractivity contribution is 5.64. The predicted octanol–water partition coefficient (Wildman–Crippen LogP) is 2.81. The van der Waals surface area contributed by atoms with Crippen molar-refractivity contribution in [2.75, 3.05) is 11.4 Å². The number of rotatable bonds is 3. The van der Waals surface area contributed by atoms with Crippen molar-refractivity contribution in [3.8, 4) is 0 Å². The Kier molecular flexibility index (Phi) is 3.12. The van der Waals surface area contributed by atoms with Gasteiger partial charge in [0.2, 0.25) is 5.89 Å². The summed E-state index contributed by atoms with van der Waals surface area (Å²) in [7, 11) is 0. The molecule has 0 fully saturated rings. The molecule has 3 aromatic rings. The van der Waals surface area contributed by atoms with Gasteiger partial charge >= 0.3 is 6.01 Å². The van der Waals surface area contributed by atoms with Crippen LogP contribution in [0.4, 0.5) is 11.7 Å². The molecule has 0 spiro atoms. The minimum atomic E-state index is -0.403. The van der Waals surface area contributed by atoms with Crippen molar-refractivity contribution < 1.29 is 4.42 Å². The summed E-state index contributed by atoms with van der Waals surface area (Å²) in [4.78, 5) is 2.05. The SMILES string of the molecule is NC(c1ccccc1)c1nnc(N2CCc3ccccc32)o1. The van der Waals surface area contributed by atoms with Crippen LogP contribution in [-0.4, -0.2) is 16.7 Å². The van der Waals surface area contributed by atoms with Crippen LogP contribution in [0.2, 0.25) is 0 Å². The number of nitrogens with zero attached hydrogens (tertiary/aromatic N) is 3. The third-order valence-electron chi connectivity index (χ3n) is 3.97. The molecule has 0 saturated carbocycles. The van der Waals surface area contributed by atoms with Crippen molar-refractivity contribution in [1.29, 1.82) is 0 Å². The molecule has 1 unspecified atom stereocenters. The average molecular weight is 292 g/mol.